The number of carbonyl (C=O) groups is 4. The van der Waals surface area contributed by atoms with Crippen molar-refractivity contribution in [2.45, 2.75) is 118 Å². The predicted molar refractivity (Wildman–Crippen MR) is 122 cm³/mol. The molecule has 1 amide bonds. The van der Waals surface area contributed by atoms with Gasteiger partial charge >= 0.3 is 0 Å². The predicted octanol–water partition coefficient (Wildman–Crippen LogP) is 5.58. The third kappa shape index (κ3) is 17.3. The maximum absolute atomic E-state index is 11.9. The standard InChI is InChI=1S/C25H45NO4/c1-20(2)23(28)16-10-9-15-22(27)14-8-6-5-7-13-19-26-25(30)18-12-11-17-24(29)21(3)4/h20-21H,5-19H2,1-4H3,(H,26,30). The number of hydrogen-bond donors (Lipinski definition) is 1. The van der Waals surface area contributed by atoms with Crippen LogP contribution in [0.5, 0.6) is 0 Å². The third-order valence-electron chi connectivity index (χ3n) is 5.45. The van der Waals surface area contributed by atoms with Gasteiger partial charge in [-0.2, -0.15) is 0 Å². The Morgan fingerprint density at radius 2 is 0.933 bits per heavy atom. The summed E-state index contributed by atoms with van der Waals surface area (Å²) in [4.78, 5) is 46.7. The SMILES string of the molecule is CC(C)C(=O)CCCCC(=O)CCCCCCCNC(=O)CCCCC(=O)C(C)C. The minimum absolute atomic E-state index is 0.0766. The zero-order chi connectivity index (χ0) is 22.8. The molecule has 0 heterocycles. The Balaban J connectivity index is 3.42. The average Bonchev–Trinajstić information content (AvgIpc) is 2.69. The summed E-state index contributed by atoms with van der Waals surface area (Å²) in [7, 11) is 0. The van der Waals surface area contributed by atoms with Crippen LogP contribution in [0.1, 0.15) is 118 Å². The van der Waals surface area contributed by atoms with Crippen LogP contribution in [-0.2, 0) is 19.2 Å². The first-order chi connectivity index (χ1) is 14.2. The molecule has 5 heteroatoms. The van der Waals surface area contributed by atoms with Crippen LogP contribution < -0.4 is 5.32 Å². The van der Waals surface area contributed by atoms with E-state index in [0.717, 1.165) is 57.8 Å². The van der Waals surface area contributed by atoms with E-state index in [1.807, 2.05) is 27.7 Å². The molecule has 0 unspecified atom stereocenters. The van der Waals surface area contributed by atoms with Crippen LogP contribution in [0.4, 0.5) is 0 Å². The quantitative estimate of drug-likeness (QED) is 0.259. The summed E-state index contributed by atoms with van der Waals surface area (Å²) in [6, 6.07) is 0. The number of Topliss-reactive ketones (excluding diaryl/α,β-unsaturated/α-hetero) is 3. The molecular formula is C25H45NO4. The molecule has 0 spiro atoms. The summed E-state index contributed by atoms with van der Waals surface area (Å²) in [5.74, 6) is 1.14. The minimum Gasteiger partial charge on any atom is -0.356 e. The van der Waals surface area contributed by atoms with E-state index in [9.17, 15) is 19.2 Å². The first-order valence-corrected chi connectivity index (χ1v) is 12.1. The molecule has 0 aromatic carbocycles. The average molecular weight is 424 g/mol. The number of hydrogen-bond acceptors (Lipinski definition) is 4. The maximum Gasteiger partial charge on any atom is 0.219 e. The van der Waals surface area contributed by atoms with Gasteiger partial charge in [-0.05, 0) is 38.5 Å². The Morgan fingerprint density at radius 3 is 1.47 bits per heavy atom. The summed E-state index contributed by atoms with van der Waals surface area (Å²) in [5.41, 5.74) is 0. The molecule has 0 aromatic heterocycles. The molecule has 174 valence electrons. The summed E-state index contributed by atoms with van der Waals surface area (Å²) in [6.07, 6.45) is 11.2. The third-order valence-corrected chi connectivity index (χ3v) is 5.45. The fourth-order valence-electron chi connectivity index (χ4n) is 3.20. The molecule has 0 saturated carbocycles. The molecule has 0 aliphatic rings. The Hall–Kier alpha value is -1.52. The van der Waals surface area contributed by atoms with E-state index < -0.39 is 0 Å². The van der Waals surface area contributed by atoms with Crippen molar-refractivity contribution in [3.8, 4) is 0 Å². The molecule has 30 heavy (non-hydrogen) atoms. The summed E-state index contributed by atoms with van der Waals surface area (Å²) in [5, 5.41) is 2.94. The smallest absolute Gasteiger partial charge is 0.219 e. The molecule has 0 fully saturated rings. The monoisotopic (exact) mass is 423 g/mol. The van der Waals surface area contributed by atoms with Crippen LogP contribution in [-0.4, -0.2) is 29.8 Å². The molecular weight excluding hydrogens is 378 g/mol. The van der Waals surface area contributed by atoms with Crippen molar-refractivity contribution < 1.29 is 19.2 Å². The van der Waals surface area contributed by atoms with Crippen LogP contribution in [0.25, 0.3) is 0 Å². The Labute approximate surface area is 184 Å². The fourth-order valence-corrected chi connectivity index (χ4v) is 3.20. The van der Waals surface area contributed by atoms with Gasteiger partial charge in [0.2, 0.25) is 5.91 Å². The number of nitrogens with one attached hydrogen (secondary N) is 1. The van der Waals surface area contributed by atoms with Crippen molar-refractivity contribution in [3.05, 3.63) is 0 Å². The van der Waals surface area contributed by atoms with Gasteiger partial charge in [0.1, 0.15) is 17.3 Å². The van der Waals surface area contributed by atoms with E-state index >= 15 is 0 Å². The highest BCUT2D eigenvalue weighted by Crippen LogP contribution is 2.11. The molecule has 0 saturated heterocycles. The fraction of sp³-hybridized carbons (Fsp3) is 0.840. The summed E-state index contributed by atoms with van der Waals surface area (Å²) in [6.45, 7) is 8.36. The van der Waals surface area contributed by atoms with E-state index in [1.165, 1.54) is 0 Å². The molecule has 0 radical (unpaired) electrons. The largest absolute Gasteiger partial charge is 0.356 e. The van der Waals surface area contributed by atoms with Gasteiger partial charge in [-0.1, -0.05) is 47.0 Å². The first kappa shape index (κ1) is 28.5. The summed E-state index contributed by atoms with van der Waals surface area (Å²) < 4.78 is 0. The van der Waals surface area contributed by atoms with Crippen molar-refractivity contribution >= 4 is 23.3 Å². The normalized spacial score (nSPS) is 11.1. The van der Waals surface area contributed by atoms with Crippen molar-refractivity contribution in [2.75, 3.05) is 6.54 Å². The van der Waals surface area contributed by atoms with Gasteiger partial charge < -0.3 is 5.32 Å². The van der Waals surface area contributed by atoms with Crippen LogP contribution in [0.15, 0.2) is 0 Å². The van der Waals surface area contributed by atoms with E-state index in [2.05, 4.69) is 5.32 Å². The zero-order valence-electron chi connectivity index (χ0n) is 19.9. The lowest BCUT2D eigenvalue weighted by Gasteiger charge is -2.06. The van der Waals surface area contributed by atoms with Gasteiger partial charge in [0.25, 0.3) is 0 Å². The second-order valence-electron chi connectivity index (χ2n) is 9.06. The highest BCUT2D eigenvalue weighted by Gasteiger charge is 2.08. The highest BCUT2D eigenvalue weighted by molar-refractivity contribution is 5.81. The van der Waals surface area contributed by atoms with Crippen LogP contribution in [0.3, 0.4) is 0 Å². The van der Waals surface area contributed by atoms with Gasteiger partial charge in [-0.25, -0.2) is 0 Å². The second-order valence-corrected chi connectivity index (χ2v) is 9.06. The van der Waals surface area contributed by atoms with Crippen molar-refractivity contribution in [1.82, 2.24) is 5.32 Å². The molecule has 0 aliphatic carbocycles. The van der Waals surface area contributed by atoms with E-state index in [0.29, 0.717) is 44.4 Å². The Morgan fingerprint density at radius 1 is 0.533 bits per heavy atom. The van der Waals surface area contributed by atoms with Gasteiger partial charge in [-0.15, -0.1) is 0 Å². The molecule has 0 rings (SSSR count). The van der Waals surface area contributed by atoms with Crippen LogP contribution in [0, 0.1) is 11.8 Å². The molecule has 0 aromatic rings. The van der Waals surface area contributed by atoms with E-state index in [1.54, 1.807) is 0 Å². The molecule has 0 atom stereocenters. The Kier molecular flexibility index (Phi) is 17.3. The van der Waals surface area contributed by atoms with Crippen molar-refractivity contribution in [2.24, 2.45) is 11.8 Å². The maximum atomic E-state index is 11.9. The lowest BCUT2D eigenvalue weighted by molar-refractivity contribution is -0.123. The molecule has 0 aliphatic heterocycles. The van der Waals surface area contributed by atoms with Crippen LogP contribution in [0.2, 0.25) is 0 Å². The van der Waals surface area contributed by atoms with Crippen molar-refractivity contribution in [1.29, 1.82) is 0 Å². The number of amides is 1. The molecule has 5 nitrogen and oxygen atoms in total. The van der Waals surface area contributed by atoms with Gasteiger partial charge in [0.05, 0.1) is 0 Å². The van der Waals surface area contributed by atoms with Crippen LogP contribution >= 0.6 is 0 Å². The number of rotatable bonds is 20. The Bertz CT molecular complexity index is 465. The zero-order valence-corrected chi connectivity index (χ0v) is 19.9. The number of ketones is 3. The van der Waals surface area contributed by atoms with Gasteiger partial charge in [0.15, 0.2) is 0 Å². The molecule has 0 bridgehead atoms. The first-order valence-electron chi connectivity index (χ1n) is 12.1. The number of carbonyl (C=O) groups excluding carboxylic acids is 4. The lowest BCUT2D eigenvalue weighted by atomic mass is 10.0. The summed E-state index contributed by atoms with van der Waals surface area (Å²) >= 11 is 0. The van der Waals surface area contributed by atoms with E-state index in [4.69, 9.17) is 0 Å². The van der Waals surface area contributed by atoms with E-state index in [-0.39, 0.29) is 29.3 Å². The van der Waals surface area contributed by atoms with Crippen molar-refractivity contribution in [3.63, 3.8) is 0 Å². The lowest BCUT2D eigenvalue weighted by Crippen LogP contribution is -2.24. The highest BCUT2D eigenvalue weighted by atomic mass is 16.2. The number of unbranched alkanes of at least 4 members (excludes halogenated alkanes) is 6. The van der Waals surface area contributed by atoms with Gasteiger partial charge in [0, 0.05) is 50.5 Å². The minimum atomic E-state index is 0.0766. The topological polar surface area (TPSA) is 80.3 Å². The van der Waals surface area contributed by atoms with Gasteiger partial charge in [-0.3, -0.25) is 19.2 Å². The second kappa shape index (κ2) is 18.3. The molecule has 1 N–H and O–H groups in total.